The van der Waals surface area contributed by atoms with Crippen LogP contribution in [0.3, 0.4) is 0 Å². The molecule has 0 bridgehead atoms. The predicted octanol–water partition coefficient (Wildman–Crippen LogP) is 13.3. The summed E-state index contributed by atoms with van der Waals surface area (Å²) in [5.41, 5.74) is 15.3. The third-order valence-corrected chi connectivity index (χ3v) is 11.4. The van der Waals surface area contributed by atoms with Crippen LogP contribution < -0.4 is 4.90 Å². The van der Waals surface area contributed by atoms with Gasteiger partial charge in [-0.25, -0.2) is 0 Å². The quantitative estimate of drug-likeness (QED) is 0.168. The van der Waals surface area contributed by atoms with E-state index in [1.165, 1.54) is 55.0 Å². The van der Waals surface area contributed by atoms with Gasteiger partial charge in [0.1, 0.15) is 0 Å². The lowest BCUT2D eigenvalue weighted by Crippen LogP contribution is -2.10. The van der Waals surface area contributed by atoms with E-state index in [9.17, 15) is 0 Å². The van der Waals surface area contributed by atoms with Crippen LogP contribution in [0, 0.1) is 5.92 Å². The van der Waals surface area contributed by atoms with Crippen molar-refractivity contribution in [3.05, 3.63) is 205 Å². The molecule has 9 rings (SSSR count). The molecule has 240 valence electrons. The Morgan fingerprint density at radius 1 is 0.520 bits per heavy atom. The molecule has 2 heteroatoms. The first-order chi connectivity index (χ1) is 24.8. The summed E-state index contributed by atoms with van der Waals surface area (Å²) in [5, 5.41) is 0.511. The average Bonchev–Trinajstić information content (AvgIpc) is 3.57. The summed E-state index contributed by atoms with van der Waals surface area (Å²) in [6.07, 6.45) is 14.3. The van der Waals surface area contributed by atoms with Crippen molar-refractivity contribution in [3.8, 4) is 22.3 Å². The van der Waals surface area contributed by atoms with Crippen LogP contribution in [0.25, 0.3) is 33.4 Å². The van der Waals surface area contributed by atoms with E-state index in [1.54, 1.807) is 0 Å². The van der Waals surface area contributed by atoms with Crippen LogP contribution in [0.1, 0.15) is 24.0 Å². The zero-order valence-corrected chi connectivity index (χ0v) is 28.6. The lowest BCUT2D eigenvalue weighted by Gasteiger charge is -2.26. The van der Waals surface area contributed by atoms with Crippen molar-refractivity contribution in [2.45, 2.75) is 23.0 Å². The summed E-state index contributed by atoms with van der Waals surface area (Å²) < 4.78 is 0. The van der Waals surface area contributed by atoms with Gasteiger partial charge in [-0.1, -0.05) is 140 Å². The van der Waals surface area contributed by atoms with Crippen LogP contribution in [0.2, 0.25) is 0 Å². The molecule has 0 aromatic heterocycles. The number of allylic oxidation sites excluding steroid dienone is 7. The van der Waals surface area contributed by atoms with Crippen molar-refractivity contribution in [2.24, 2.45) is 5.92 Å². The van der Waals surface area contributed by atoms with E-state index in [-0.39, 0.29) is 0 Å². The van der Waals surface area contributed by atoms with Crippen LogP contribution >= 0.6 is 11.8 Å². The molecule has 3 aliphatic rings. The third-order valence-electron chi connectivity index (χ3n) is 10.1. The fourth-order valence-corrected chi connectivity index (χ4v) is 8.78. The highest BCUT2D eigenvalue weighted by Crippen LogP contribution is 2.50. The van der Waals surface area contributed by atoms with Gasteiger partial charge in [-0.05, 0) is 111 Å². The van der Waals surface area contributed by atoms with Crippen molar-refractivity contribution >= 4 is 40.0 Å². The maximum absolute atomic E-state index is 2.50. The first-order valence-corrected chi connectivity index (χ1v) is 18.4. The Hall–Kier alpha value is -5.57. The first kappa shape index (κ1) is 30.5. The minimum atomic E-state index is 0.374. The van der Waals surface area contributed by atoms with E-state index in [4.69, 9.17) is 0 Å². The monoisotopic (exact) mass is 659 g/mol. The first-order valence-electron chi connectivity index (χ1n) is 17.5. The van der Waals surface area contributed by atoms with E-state index in [0.717, 1.165) is 29.9 Å². The number of fused-ring (bicyclic) bond motifs is 3. The molecule has 0 N–H and O–H groups in total. The molecule has 0 spiro atoms. The van der Waals surface area contributed by atoms with Gasteiger partial charge in [0, 0.05) is 33.1 Å². The molecule has 2 aliphatic carbocycles. The largest absolute Gasteiger partial charge is 0.311 e. The Labute approximate surface area is 299 Å². The second kappa shape index (κ2) is 13.4. The molecular formula is C48H37NS. The average molecular weight is 660 g/mol. The fourth-order valence-electron chi connectivity index (χ4n) is 7.51. The van der Waals surface area contributed by atoms with E-state index in [0.29, 0.717) is 11.2 Å². The molecular weight excluding hydrogens is 623 g/mol. The number of hydrogen-bond donors (Lipinski definition) is 0. The van der Waals surface area contributed by atoms with Gasteiger partial charge in [0.05, 0.1) is 0 Å². The molecule has 2 atom stereocenters. The van der Waals surface area contributed by atoms with Crippen molar-refractivity contribution in [2.75, 3.05) is 4.90 Å². The van der Waals surface area contributed by atoms with Gasteiger partial charge in [0.25, 0.3) is 0 Å². The van der Waals surface area contributed by atoms with Gasteiger partial charge in [-0.2, -0.15) is 0 Å². The smallest absolute Gasteiger partial charge is 0.0462 e. The lowest BCUT2D eigenvalue weighted by atomic mass is 9.82. The molecule has 1 aliphatic heterocycles. The minimum Gasteiger partial charge on any atom is -0.311 e. The predicted molar refractivity (Wildman–Crippen MR) is 214 cm³/mol. The summed E-state index contributed by atoms with van der Waals surface area (Å²) in [5.74, 6) is 0.374. The number of anilines is 3. The molecule has 6 aromatic carbocycles. The van der Waals surface area contributed by atoms with Crippen LogP contribution in [-0.4, -0.2) is 5.25 Å². The number of benzene rings is 6. The maximum Gasteiger partial charge on any atom is 0.0462 e. The van der Waals surface area contributed by atoms with E-state index < -0.39 is 0 Å². The molecule has 2 unspecified atom stereocenters. The number of thioether (sulfide) groups is 1. The Morgan fingerprint density at radius 2 is 1.08 bits per heavy atom. The summed E-state index contributed by atoms with van der Waals surface area (Å²) in [6, 6.07) is 56.9. The summed E-state index contributed by atoms with van der Waals surface area (Å²) >= 11 is 2.02. The summed E-state index contributed by atoms with van der Waals surface area (Å²) in [7, 11) is 0. The Morgan fingerprint density at radius 3 is 1.76 bits per heavy atom. The van der Waals surface area contributed by atoms with Gasteiger partial charge >= 0.3 is 0 Å². The van der Waals surface area contributed by atoms with Crippen LogP contribution in [0.4, 0.5) is 17.1 Å². The van der Waals surface area contributed by atoms with E-state index in [2.05, 4.69) is 193 Å². The zero-order chi connectivity index (χ0) is 33.3. The normalized spacial score (nSPS) is 17.6. The summed E-state index contributed by atoms with van der Waals surface area (Å²) in [4.78, 5) is 3.75. The highest BCUT2D eigenvalue weighted by molar-refractivity contribution is 8.00. The van der Waals surface area contributed by atoms with Crippen LogP contribution in [0.5, 0.6) is 0 Å². The second-order valence-corrected chi connectivity index (χ2v) is 14.5. The molecule has 0 saturated heterocycles. The molecule has 0 fully saturated rings. The highest BCUT2D eigenvalue weighted by atomic mass is 32.2. The molecule has 0 saturated carbocycles. The van der Waals surface area contributed by atoms with E-state index >= 15 is 0 Å². The molecule has 6 aromatic rings. The van der Waals surface area contributed by atoms with Crippen LogP contribution in [-0.2, 0) is 0 Å². The fraction of sp³-hybridized carbons (Fsp3) is 0.0833. The topological polar surface area (TPSA) is 3.24 Å². The lowest BCUT2D eigenvalue weighted by molar-refractivity contribution is 0.777. The van der Waals surface area contributed by atoms with E-state index in [1.807, 2.05) is 11.8 Å². The van der Waals surface area contributed by atoms with Crippen molar-refractivity contribution in [1.82, 2.24) is 0 Å². The highest BCUT2D eigenvalue weighted by Gasteiger charge is 2.31. The molecule has 1 nitrogen and oxygen atoms in total. The van der Waals surface area contributed by atoms with Gasteiger partial charge in [-0.3, -0.25) is 0 Å². The Balaban J connectivity index is 0.983. The number of hydrogen-bond acceptors (Lipinski definition) is 2. The van der Waals surface area contributed by atoms with Crippen LogP contribution in [0.15, 0.2) is 199 Å². The Bertz CT molecular complexity index is 2260. The zero-order valence-electron chi connectivity index (χ0n) is 27.8. The van der Waals surface area contributed by atoms with Crippen molar-refractivity contribution < 1.29 is 0 Å². The standard InChI is InChI=1S/C48H37NS/c1-4-11-34(12-5-1)36-19-25-43(26-20-36)49(42-17-8-3-9-18-42)44-27-21-37(22-28-44)38-15-10-16-39(31-38)41-24-30-48-46(33-41)45-32-40(23-29-47(45)50-48)35-13-6-2-7-14-35/h1-15,17-29,31-33,39,48H,16,30H2. The number of rotatable bonds is 7. The summed E-state index contributed by atoms with van der Waals surface area (Å²) in [6.45, 7) is 0. The Kier molecular flexibility index (Phi) is 8.16. The molecule has 1 heterocycles. The maximum atomic E-state index is 2.50. The van der Waals surface area contributed by atoms with Crippen molar-refractivity contribution in [3.63, 3.8) is 0 Å². The number of nitrogens with zero attached hydrogens (tertiary/aromatic N) is 1. The molecule has 0 amide bonds. The SMILES string of the molecule is C1=CC(c2ccc(N(c3ccccc3)c3ccc(-c4ccccc4)cc3)cc2)=CC(C2=CCC3Sc4ccc(-c5ccccc5)cc4C3=C2)C1. The second-order valence-electron chi connectivity index (χ2n) is 13.2. The number of para-hydroxylation sites is 1. The van der Waals surface area contributed by atoms with Gasteiger partial charge in [-0.15, -0.1) is 11.8 Å². The third kappa shape index (κ3) is 5.97. The van der Waals surface area contributed by atoms with Crippen molar-refractivity contribution in [1.29, 1.82) is 0 Å². The molecule has 50 heavy (non-hydrogen) atoms. The van der Waals surface area contributed by atoms with Gasteiger partial charge < -0.3 is 4.90 Å². The molecule has 0 radical (unpaired) electrons. The van der Waals surface area contributed by atoms with Gasteiger partial charge in [0.2, 0.25) is 0 Å². The minimum absolute atomic E-state index is 0.374. The van der Waals surface area contributed by atoms with Gasteiger partial charge in [0.15, 0.2) is 0 Å².